The highest BCUT2D eigenvalue weighted by atomic mass is 16.6. The number of carbonyl (C=O) groups is 1. The zero-order chi connectivity index (χ0) is 11.9. The second kappa shape index (κ2) is 3.91. The number of aliphatic hydroxyl groups is 1. The SMILES string of the molecule is CC(C)(C)OC(=O)N1CC[C@@H]2C[C@H](O)C[C@H]21. The average Bonchev–Trinajstić information content (AvgIpc) is 2.58. The lowest BCUT2D eigenvalue weighted by atomic mass is 10.0. The zero-order valence-electron chi connectivity index (χ0n) is 10.3. The number of hydrogen-bond donors (Lipinski definition) is 1. The molecule has 0 aromatic rings. The second-order valence-corrected chi connectivity index (χ2v) is 5.92. The fourth-order valence-electron chi connectivity index (χ4n) is 2.78. The molecule has 1 amide bonds. The Kier molecular flexibility index (Phi) is 2.86. The molecule has 1 aliphatic heterocycles. The smallest absolute Gasteiger partial charge is 0.410 e. The summed E-state index contributed by atoms with van der Waals surface area (Å²) < 4.78 is 5.37. The maximum Gasteiger partial charge on any atom is 0.410 e. The number of hydrogen-bond acceptors (Lipinski definition) is 3. The van der Waals surface area contributed by atoms with Gasteiger partial charge in [-0.1, -0.05) is 0 Å². The topological polar surface area (TPSA) is 49.8 Å². The van der Waals surface area contributed by atoms with E-state index in [1.807, 2.05) is 20.8 Å². The van der Waals surface area contributed by atoms with E-state index in [9.17, 15) is 9.90 Å². The van der Waals surface area contributed by atoms with Gasteiger partial charge in [-0.3, -0.25) is 0 Å². The van der Waals surface area contributed by atoms with Crippen molar-refractivity contribution in [3.8, 4) is 0 Å². The highest BCUT2D eigenvalue weighted by Gasteiger charge is 2.44. The van der Waals surface area contributed by atoms with Gasteiger partial charge in [0, 0.05) is 12.6 Å². The lowest BCUT2D eigenvalue weighted by Gasteiger charge is -2.28. The van der Waals surface area contributed by atoms with Crippen LogP contribution in [0.1, 0.15) is 40.0 Å². The standard InChI is InChI=1S/C12H21NO3/c1-12(2,3)16-11(15)13-5-4-8-6-9(14)7-10(8)13/h8-10,14H,4-7H2,1-3H3/t8-,9+,10-/m1/s1. The van der Waals surface area contributed by atoms with Crippen LogP contribution in [0.15, 0.2) is 0 Å². The van der Waals surface area contributed by atoms with Crippen LogP contribution >= 0.6 is 0 Å². The van der Waals surface area contributed by atoms with Gasteiger partial charge in [0.1, 0.15) is 5.60 Å². The van der Waals surface area contributed by atoms with Crippen molar-refractivity contribution < 1.29 is 14.6 Å². The molecule has 3 atom stereocenters. The number of rotatable bonds is 0. The van der Waals surface area contributed by atoms with Crippen LogP contribution in [0.3, 0.4) is 0 Å². The molecule has 0 radical (unpaired) electrons. The minimum atomic E-state index is -0.438. The summed E-state index contributed by atoms with van der Waals surface area (Å²) in [6, 6.07) is 0.199. The van der Waals surface area contributed by atoms with Gasteiger partial charge in [-0.05, 0) is 46.0 Å². The number of fused-ring (bicyclic) bond motifs is 1. The van der Waals surface area contributed by atoms with Gasteiger partial charge in [0.25, 0.3) is 0 Å². The number of carbonyl (C=O) groups excluding carboxylic acids is 1. The quantitative estimate of drug-likeness (QED) is 0.686. The first-order chi connectivity index (χ1) is 7.37. The van der Waals surface area contributed by atoms with Gasteiger partial charge >= 0.3 is 6.09 Å². The second-order valence-electron chi connectivity index (χ2n) is 5.92. The molecule has 2 rings (SSSR count). The Labute approximate surface area is 96.6 Å². The van der Waals surface area contributed by atoms with Gasteiger partial charge in [0.15, 0.2) is 0 Å². The molecule has 1 N–H and O–H groups in total. The minimum absolute atomic E-state index is 0.199. The molecule has 1 heterocycles. The largest absolute Gasteiger partial charge is 0.444 e. The highest BCUT2D eigenvalue weighted by Crippen LogP contribution is 2.38. The van der Waals surface area contributed by atoms with Crippen LogP contribution in [0.5, 0.6) is 0 Å². The molecule has 1 saturated heterocycles. The third-order valence-electron chi connectivity index (χ3n) is 3.40. The Balaban J connectivity index is 1.98. The predicted octanol–water partition coefficient (Wildman–Crippen LogP) is 1.77. The van der Waals surface area contributed by atoms with Crippen LogP contribution in [-0.4, -0.2) is 40.4 Å². The molecule has 0 bridgehead atoms. The van der Waals surface area contributed by atoms with Gasteiger partial charge in [-0.2, -0.15) is 0 Å². The van der Waals surface area contributed by atoms with E-state index in [-0.39, 0.29) is 18.2 Å². The molecule has 0 spiro atoms. The maximum atomic E-state index is 11.9. The van der Waals surface area contributed by atoms with E-state index in [2.05, 4.69) is 0 Å². The summed E-state index contributed by atoms with van der Waals surface area (Å²) in [6.07, 6.45) is 2.09. The van der Waals surface area contributed by atoms with Crippen LogP contribution in [0.2, 0.25) is 0 Å². The fourth-order valence-corrected chi connectivity index (χ4v) is 2.78. The monoisotopic (exact) mass is 227 g/mol. The third-order valence-corrected chi connectivity index (χ3v) is 3.40. The van der Waals surface area contributed by atoms with E-state index in [4.69, 9.17) is 4.74 Å². The molecule has 0 aromatic carbocycles. The molecule has 1 aliphatic carbocycles. The molecule has 4 nitrogen and oxygen atoms in total. The van der Waals surface area contributed by atoms with Crippen molar-refractivity contribution in [2.24, 2.45) is 5.92 Å². The average molecular weight is 227 g/mol. The van der Waals surface area contributed by atoms with E-state index in [1.54, 1.807) is 4.90 Å². The number of ether oxygens (including phenoxy) is 1. The van der Waals surface area contributed by atoms with Gasteiger partial charge in [-0.15, -0.1) is 0 Å². The molecule has 4 heteroatoms. The zero-order valence-corrected chi connectivity index (χ0v) is 10.3. The van der Waals surface area contributed by atoms with Crippen LogP contribution < -0.4 is 0 Å². The van der Waals surface area contributed by atoms with Gasteiger partial charge < -0.3 is 14.7 Å². The van der Waals surface area contributed by atoms with E-state index >= 15 is 0 Å². The van der Waals surface area contributed by atoms with Crippen LogP contribution in [0.4, 0.5) is 4.79 Å². The van der Waals surface area contributed by atoms with Crippen molar-refractivity contribution in [3.63, 3.8) is 0 Å². The number of amides is 1. The van der Waals surface area contributed by atoms with Crippen LogP contribution in [0.25, 0.3) is 0 Å². The summed E-state index contributed by atoms with van der Waals surface area (Å²) in [4.78, 5) is 13.7. The molecule has 2 aliphatic rings. The van der Waals surface area contributed by atoms with E-state index in [0.717, 1.165) is 19.4 Å². The fraction of sp³-hybridized carbons (Fsp3) is 0.917. The minimum Gasteiger partial charge on any atom is -0.444 e. The first kappa shape index (κ1) is 11.7. The van der Waals surface area contributed by atoms with Crippen molar-refractivity contribution in [2.45, 2.75) is 57.8 Å². The summed E-state index contributed by atoms with van der Waals surface area (Å²) >= 11 is 0. The van der Waals surface area contributed by atoms with Crippen LogP contribution in [-0.2, 0) is 4.74 Å². The normalized spacial score (nSPS) is 34.0. The summed E-state index contributed by atoms with van der Waals surface area (Å²) in [7, 11) is 0. The predicted molar refractivity (Wildman–Crippen MR) is 60.1 cm³/mol. The van der Waals surface area contributed by atoms with Gasteiger partial charge in [-0.25, -0.2) is 4.79 Å². The molecule has 2 fully saturated rings. The van der Waals surface area contributed by atoms with Crippen molar-refractivity contribution in [1.29, 1.82) is 0 Å². The number of likely N-dealkylation sites (tertiary alicyclic amines) is 1. The lowest BCUT2D eigenvalue weighted by Crippen LogP contribution is -2.40. The highest BCUT2D eigenvalue weighted by molar-refractivity contribution is 5.69. The van der Waals surface area contributed by atoms with Crippen molar-refractivity contribution >= 4 is 6.09 Å². The van der Waals surface area contributed by atoms with Crippen molar-refractivity contribution in [2.75, 3.05) is 6.54 Å². The van der Waals surface area contributed by atoms with E-state index < -0.39 is 5.60 Å². The summed E-state index contributed by atoms with van der Waals surface area (Å²) in [5, 5.41) is 9.59. The molecule has 16 heavy (non-hydrogen) atoms. The Morgan fingerprint density at radius 2 is 2.06 bits per heavy atom. The summed E-state index contributed by atoms with van der Waals surface area (Å²) in [5.41, 5.74) is -0.438. The van der Waals surface area contributed by atoms with Gasteiger partial charge in [0.05, 0.1) is 6.10 Å². The number of aliphatic hydroxyl groups excluding tert-OH is 1. The lowest BCUT2D eigenvalue weighted by molar-refractivity contribution is 0.0206. The molecular weight excluding hydrogens is 206 g/mol. The Hall–Kier alpha value is -0.770. The Morgan fingerprint density at radius 1 is 1.38 bits per heavy atom. The Bertz CT molecular complexity index is 284. The number of nitrogens with zero attached hydrogens (tertiary/aromatic N) is 1. The molecular formula is C12H21NO3. The first-order valence-corrected chi connectivity index (χ1v) is 6.04. The molecule has 92 valence electrons. The molecule has 0 aromatic heterocycles. The van der Waals surface area contributed by atoms with Crippen molar-refractivity contribution in [1.82, 2.24) is 4.90 Å². The Morgan fingerprint density at radius 3 is 2.69 bits per heavy atom. The maximum absolute atomic E-state index is 11.9. The summed E-state index contributed by atoms with van der Waals surface area (Å²) in [6.45, 7) is 6.41. The first-order valence-electron chi connectivity index (χ1n) is 6.04. The van der Waals surface area contributed by atoms with Crippen molar-refractivity contribution in [3.05, 3.63) is 0 Å². The summed E-state index contributed by atoms with van der Waals surface area (Å²) in [5.74, 6) is 0.475. The third kappa shape index (κ3) is 2.32. The van der Waals surface area contributed by atoms with E-state index in [1.165, 1.54) is 0 Å². The molecule has 0 unspecified atom stereocenters. The van der Waals surface area contributed by atoms with Crippen LogP contribution in [0, 0.1) is 5.92 Å². The van der Waals surface area contributed by atoms with Gasteiger partial charge in [0.2, 0.25) is 0 Å². The molecule has 1 saturated carbocycles. The van der Waals surface area contributed by atoms with E-state index in [0.29, 0.717) is 12.3 Å².